The van der Waals surface area contributed by atoms with E-state index in [9.17, 15) is 30.0 Å². The molecule has 3 aliphatic rings. The van der Waals surface area contributed by atoms with Gasteiger partial charge in [-0.15, -0.1) is 0 Å². The second-order valence-electron chi connectivity index (χ2n) is 13.6. The number of rotatable bonds is 4. The maximum absolute atomic E-state index is 13.3. The Bertz CT molecular complexity index is 942. The van der Waals surface area contributed by atoms with E-state index in [2.05, 4.69) is 0 Å². The summed E-state index contributed by atoms with van der Waals surface area (Å²) >= 11 is 0. The van der Waals surface area contributed by atoms with Crippen molar-refractivity contribution in [2.24, 2.45) is 23.7 Å². The van der Waals surface area contributed by atoms with Crippen LogP contribution in [-0.2, 0) is 28.5 Å². The molecule has 0 amide bonds. The Morgan fingerprint density at radius 2 is 1.57 bits per heavy atom. The molecule has 0 aromatic heterocycles. The minimum absolute atomic E-state index is 0.0530. The molecule has 0 aromatic rings. The Morgan fingerprint density at radius 3 is 2.14 bits per heavy atom. The lowest BCUT2D eigenvalue weighted by Gasteiger charge is -2.49. The summed E-state index contributed by atoms with van der Waals surface area (Å²) in [6.07, 6.45) is -7.85. The van der Waals surface area contributed by atoms with E-state index in [1.807, 2.05) is 32.8 Å². The monoisotopic (exact) mass is 603 g/mol. The lowest BCUT2D eigenvalue weighted by atomic mass is 9.73. The third-order valence-corrected chi connectivity index (χ3v) is 9.67. The van der Waals surface area contributed by atoms with Gasteiger partial charge in [0.2, 0.25) is 0 Å². The van der Waals surface area contributed by atoms with Crippen LogP contribution in [0.3, 0.4) is 0 Å². The van der Waals surface area contributed by atoms with Crippen molar-refractivity contribution in [3.05, 3.63) is 0 Å². The molecule has 3 rings (SSSR count). The molecule has 3 aliphatic heterocycles. The lowest BCUT2D eigenvalue weighted by Crippen LogP contribution is -2.62. The van der Waals surface area contributed by atoms with Crippen molar-refractivity contribution in [1.82, 2.24) is 4.90 Å². The molecule has 12 heteroatoms. The first-order valence-electron chi connectivity index (χ1n) is 15.2. The molecule has 4 N–H and O–H groups in total. The maximum Gasteiger partial charge on any atom is 0.508 e. The number of aliphatic hydroxyl groups is 4. The average molecular weight is 604 g/mol. The van der Waals surface area contributed by atoms with Crippen molar-refractivity contribution < 1.29 is 53.7 Å². The van der Waals surface area contributed by atoms with Crippen LogP contribution in [0.15, 0.2) is 0 Å². The number of carbonyl (C=O) groups is 2. The zero-order valence-corrected chi connectivity index (χ0v) is 26.7. The normalized spacial score (nSPS) is 49.5. The van der Waals surface area contributed by atoms with Crippen LogP contribution in [-0.4, -0.2) is 118 Å². The molecule has 0 aliphatic carbocycles. The van der Waals surface area contributed by atoms with Crippen molar-refractivity contribution in [2.45, 2.75) is 141 Å². The first-order valence-corrected chi connectivity index (χ1v) is 15.2. The van der Waals surface area contributed by atoms with E-state index in [1.54, 1.807) is 27.7 Å². The summed E-state index contributed by atoms with van der Waals surface area (Å²) in [7, 11) is 3.71. The van der Waals surface area contributed by atoms with Crippen LogP contribution in [0.25, 0.3) is 0 Å². The van der Waals surface area contributed by atoms with Crippen LogP contribution < -0.4 is 0 Å². The predicted molar refractivity (Wildman–Crippen MR) is 151 cm³/mol. The van der Waals surface area contributed by atoms with E-state index in [-0.39, 0.29) is 25.0 Å². The standard InChI is InChI=1S/C30H53NO11/c1-11-20-30(8,37)25-18(6)23(40-28(35)42-25)14(2)13-29(7,36)24(16(4)21(32)17(5)26(34)39-20)41-27-22(33)19(31(9)10)12-15(3)38-27/h14-25,27,32-33,36-37H,11-13H2,1-10H3/t14-,15-,16+,17-,18+,19+,20-,21+,22-,23+,24-,25-,27+,29+,30-/m1/s1. The highest BCUT2D eigenvalue weighted by atomic mass is 16.7. The number of carbonyl (C=O) groups excluding carboxylic acids is 2. The summed E-state index contributed by atoms with van der Waals surface area (Å²) in [5.41, 5.74) is -3.41. The Hall–Kier alpha value is -1.54. The zero-order valence-electron chi connectivity index (χ0n) is 26.7. The van der Waals surface area contributed by atoms with E-state index >= 15 is 0 Å². The summed E-state index contributed by atoms with van der Waals surface area (Å²) in [4.78, 5) is 27.8. The van der Waals surface area contributed by atoms with Gasteiger partial charge < -0.3 is 49.0 Å². The first kappa shape index (κ1) is 34.9. The fraction of sp³-hybridized carbons (Fsp3) is 0.933. The molecule has 15 atom stereocenters. The molecule has 3 saturated heterocycles. The number of hydrogen-bond donors (Lipinski definition) is 4. The number of fused-ring (bicyclic) bond motifs is 2. The quantitative estimate of drug-likeness (QED) is 0.345. The van der Waals surface area contributed by atoms with Crippen LogP contribution in [0.2, 0.25) is 0 Å². The van der Waals surface area contributed by atoms with Gasteiger partial charge in [-0.3, -0.25) is 4.79 Å². The molecule has 0 saturated carbocycles. The SMILES string of the molecule is CC[C@H]1OC(=O)[C@H](C)[C@@H](O)[C@H](C)[C@@H](O[C@@H]2O[C@H](C)C[C@H](N(C)C)[C@H]2O)[C@@](C)(O)C[C@@H](C)[C@@H]2OC(=O)O[C@H]([C@H]2C)[C@]1(C)O. The van der Waals surface area contributed by atoms with Gasteiger partial charge in [-0.1, -0.05) is 27.7 Å². The van der Waals surface area contributed by atoms with Crippen molar-refractivity contribution in [3.8, 4) is 0 Å². The van der Waals surface area contributed by atoms with E-state index in [1.165, 1.54) is 13.8 Å². The minimum atomic E-state index is -1.76. The largest absolute Gasteiger partial charge is 0.508 e. The highest BCUT2D eigenvalue weighted by molar-refractivity contribution is 5.73. The van der Waals surface area contributed by atoms with Crippen molar-refractivity contribution in [2.75, 3.05) is 14.1 Å². The molecule has 0 aromatic carbocycles. The van der Waals surface area contributed by atoms with Gasteiger partial charge in [-0.05, 0) is 67.0 Å². The topological polar surface area (TPSA) is 164 Å². The van der Waals surface area contributed by atoms with Crippen LogP contribution in [0.1, 0.15) is 74.7 Å². The van der Waals surface area contributed by atoms with E-state index in [0.29, 0.717) is 6.42 Å². The minimum Gasteiger partial charge on any atom is -0.459 e. The second kappa shape index (κ2) is 13.2. The number of likely N-dealkylation sites (N-methyl/N-ethyl adjacent to an activating group) is 1. The Kier molecular flexibility index (Phi) is 11.0. The van der Waals surface area contributed by atoms with Gasteiger partial charge in [0.15, 0.2) is 6.29 Å². The number of cyclic esters (lactones) is 1. The van der Waals surface area contributed by atoms with Gasteiger partial charge in [-0.2, -0.15) is 0 Å². The molecule has 0 radical (unpaired) electrons. The molecule has 3 heterocycles. The van der Waals surface area contributed by atoms with Gasteiger partial charge >= 0.3 is 12.1 Å². The van der Waals surface area contributed by atoms with Gasteiger partial charge in [-0.25, -0.2) is 4.79 Å². The van der Waals surface area contributed by atoms with Gasteiger partial charge in [0, 0.05) is 17.9 Å². The van der Waals surface area contributed by atoms with Crippen molar-refractivity contribution in [3.63, 3.8) is 0 Å². The number of ether oxygens (including phenoxy) is 5. The molecular formula is C30H53NO11. The molecular weight excluding hydrogens is 550 g/mol. The van der Waals surface area contributed by atoms with E-state index in [4.69, 9.17) is 23.7 Å². The number of nitrogens with zero attached hydrogens (tertiary/aromatic N) is 1. The molecule has 42 heavy (non-hydrogen) atoms. The highest BCUT2D eigenvalue weighted by Crippen LogP contribution is 2.41. The summed E-state index contributed by atoms with van der Waals surface area (Å²) in [5, 5.41) is 46.3. The summed E-state index contributed by atoms with van der Waals surface area (Å²) in [6.45, 7) is 13.4. The molecule has 12 nitrogen and oxygen atoms in total. The van der Waals surface area contributed by atoms with Gasteiger partial charge in [0.25, 0.3) is 0 Å². The third-order valence-electron chi connectivity index (χ3n) is 9.67. The van der Waals surface area contributed by atoms with Crippen LogP contribution in [0.5, 0.6) is 0 Å². The highest BCUT2D eigenvalue weighted by Gasteiger charge is 2.55. The Labute approximate surface area is 249 Å². The van der Waals surface area contributed by atoms with E-state index < -0.39 is 89.9 Å². The molecule has 0 spiro atoms. The van der Waals surface area contributed by atoms with Crippen molar-refractivity contribution >= 4 is 12.1 Å². The summed E-state index contributed by atoms with van der Waals surface area (Å²) in [5.74, 6) is -3.66. The van der Waals surface area contributed by atoms with Gasteiger partial charge in [0.05, 0.1) is 29.8 Å². The van der Waals surface area contributed by atoms with Crippen molar-refractivity contribution in [1.29, 1.82) is 0 Å². The maximum atomic E-state index is 13.3. The third kappa shape index (κ3) is 7.06. The fourth-order valence-electron chi connectivity index (χ4n) is 7.26. The fourth-order valence-corrected chi connectivity index (χ4v) is 7.26. The zero-order chi connectivity index (χ0) is 31.9. The van der Waals surface area contributed by atoms with Crippen LogP contribution in [0, 0.1) is 23.7 Å². The first-order chi connectivity index (χ1) is 19.3. The molecule has 2 bridgehead atoms. The Morgan fingerprint density at radius 1 is 0.952 bits per heavy atom. The van der Waals surface area contributed by atoms with Crippen LogP contribution >= 0.6 is 0 Å². The summed E-state index contributed by atoms with van der Waals surface area (Å²) < 4.78 is 29.2. The smallest absolute Gasteiger partial charge is 0.459 e. The predicted octanol–water partition coefficient (Wildman–Crippen LogP) is 1.83. The van der Waals surface area contributed by atoms with Gasteiger partial charge in [0.1, 0.15) is 30.0 Å². The number of esters is 1. The number of aliphatic hydroxyl groups excluding tert-OH is 2. The van der Waals surface area contributed by atoms with E-state index in [0.717, 1.165) is 0 Å². The Balaban J connectivity index is 2.06. The summed E-state index contributed by atoms with van der Waals surface area (Å²) in [6, 6.07) is -0.270. The second-order valence-corrected chi connectivity index (χ2v) is 13.6. The average Bonchev–Trinajstić information content (AvgIpc) is 2.90. The van der Waals surface area contributed by atoms with Crippen LogP contribution in [0.4, 0.5) is 4.79 Å². The molecule has 3 fully saturated rings. The lowest BCUT2D eigenvalue weighted by molar-refractivity contribution is -0.300. The molecule has 0 unspecified atom stereocenters. The number of hydrogen-bond acceptors (Lipinski definition) is 12. The molecule has 244 valence electrons.